The van der Waals surface area contributed by atoms with Crippen molar-refractivity contribution < 1.29 is 14.7 Å². The van der Waals surface area contributed by atoms with Gasteiger partial charge >= 0.3 is 12.0 Å². The third kappa shape index (κ3) is 6.65. The number of amides is 2. The fourth-order valence-electron chi connectivity index (χ4n) is 1.94. The molecule has 0 heterocycles. The number of anilines is 1. The normalized spacial score (nSPS) is 10.0. The van der Waals surface area contributed by atoms with E-state index in [2.05, 4.69) is 28.5 Å². The van der Waals surface area contributed by atoms with E-state index in [-0.39, 0.29) is 19.0 Å². The lowest BCUT2D eigenvalue weighted by atomic mass is 10.2. The Balaban J connectivity index is 2.32. The number of carboxylic acid groups (broad SMARTS) is 1. The smallest absolute Gasteiger partial charge is 0.314 e. The maximum atomic E-state index is 11.5. The predicted octanol–water partition coefficient (Wildman–Crippen LogP) is 1.60. The van der Waals surface area contributed by atoms with Crippen molar-refractivity contribution in [1.29, 1.82) is 0 Å². The van der Waals surface area contributed by atoms with Gasteiger partial charge in [0, 0.05) is 31.9 Å². The fourth-order valence-corrected chi connectivity index (χ4v) is 1.94. The minimum absolute atomic E-state index is 0.0716. The van der Waals surface area contributed by atoms with E-state index in [4.69, 9.17) is 5.11 Å². The second kappa shape index (κ2) is 8.84. The Morgan fingerprint density at radius 3 is 2.57 bits per heavy atom. The first-order valence-electron chi connectivity index (χ1n) is 7.08. The van der Waals surface area contributed by atoms with E-state index in [9.17, 15) is 9.59 Å². The van der Waals surface area contributed by atoms with Crippen molar-refractivity contribution in [2.75, 3.05) is 31.1 Å². The van der Waals surface area contributed by atoms with Gasteiger partial charge in [-0.2, -0.15) is 0 Å². The van der Waals surface area contributed by atoms with Gasteiger partial charge in [0.2, 0.25) is 0 Å². The van der Waals surface area contributed by atoms with Crippen LogP contribution in [0.1, 0.15) is 18.9 Å². The van der Waals surface area contributed by atoms with Crippen LogP contribution in [-0.2, 0) is 4.79 Å². The van der Waals surface area contributed by atoms with Gasteiger partial charge in [-0.15, -0.1) is 0 Å². The van der Waals surface area contributed by atoms with Crippen molar-refractivity contribution in [3.05, 3.63) is 29.8 Å². The summed E-state index contributed by atoms with van der Waals surface area (Å²) >= 11 is 0. The van der Waals surface area contributed by atoms with E-state index in [0.717, 1.165) is 12.2 Å². The van der Waals surface area contributed by atoms with Crippen LogP contribution in [0.2, 0.25) is 0 Å². The number of carbonyl (C=O) groups is 2. The quantitative estimate of drug-likeness (QED) is 0.680. The number of nitrogens with zero attached hydrogens (tertiary/aromatic N) is 1. The molecule has 0 aliphatic heterocycles. The zero-order valence-corrected chi connectivity index (χ0v) is 12.6. The second-order valence-corrected chi connectivity index (χ2v) is 4.75. The average Bonchev–Trinajstić information content (AvgIpc) is 2.43. The van der Waals surface area contributed by atoms with Crippen LogP contribution in [0.15, 0.2) is 24.3 Å². The Kier molecular flexibility index (Phi) is 7.08. The van der Waals surface area contributed by atoms with Gasteiger partial charge in [0.25, 0.3) is 0 Å². The molecule has 6 nitrogen and oxygen atoms in total. The van der Waals surface area contributed by atoms with E-state index in [1.165, 1.54) is 5.56 Å². The molecule has 0 bridgehead atoms. The monoisotopic (exact) mass is 293 g/mol. The summed E-state index contributed by atoms with van der Waals surface area (Å²) in [6.07, 6.45) is -0.0716. The number of urea groups is 1. The number of likely N-dealkylation sites (N-methyl/N-ethyl adjacent to an activating group) is 1. The van der Waals surface area contributed by atoms with Crippen molar-refractivity contribution in [2.24, 2.45) is 0 Å². The number of benzene rings is 1. The summed E-state index contributed by atoms with van der Waals surface area (Å²) in [6, 6.07) is 7.88. The largest absolute Gasteiger partial charge is 0.481 e. The minimum Gasteiger partial charge on any atom is -0.481 e. The second-order valence-electron chi connectivity index (χ2n) is 4.75. The molecule has 0 saturated heterocycles. The summed E-state index contributed by atoms with van der Waals surface area (Å²) < 4.78 is 0. The molecule has 0 atom stereocenters. The molecule has 0 spiro atoms. The molecule has 116 valence electrons. The summed E-state index contributed by atoms with van der Waals surface area (Å²) in [4.78, 5) is 24.0. The Bertz CT molecular complexity index is 477. The average molecular weight is 293 g/mol. The molecular weight excluding hydrogens is 270 g/mol. The van der Waals surface area contributed by atoms with Crippen molar-refractivity contribution in [2.45, 2.75) is 20.3 Å². The summed E-state index contributed by atoms with van der Waals surface area (Å²) in [5, 5.41) is 13.7. The topological polar surface area (TPSA) is 81.7 Å². The molecule has 1 aromatic rings. The van der Waals surface area contributed by atoms with Crippen LogP contribution < -0.4 is 15.5 Å². The molecule has 2 amide bonds. The maximum Gasteiger partial charge on any atom is 0.314 e. The number of carboxylic acids is 1. The number of rotatable bonds is 8. The minimum atomic E-state index is -0.924. The number of hydrogen-bond acceptors (Lipinski definition) is 3. The van der Waals surface area contributed by atoms with Gasteiger partial charge in [0.05, 0.1) is 6.42 Å². The molecule has 0 fully saturated rings. The lowest BCUT2D eigenvalue weighted by Gasteiger charge is -2.23. The first-order chi connectivity index (χ1) is 10.0. The van der Waals surface area contributed by atoms with E-state index < -0.39 is 5.97 Å². The lowest BCUT2D eigenvalue weighted by molar-refractivity contribution is -0.136. The number of nitrogens with one attached hydrogen (secondary N) is 2. The molecular formula is C15H23N3O3. The molecule has 0 saturated carbocycles. The Labute approximate surface area is 125 Å². The van der Waals surface area contributed by atoms with E-state index in [1.54, 1.807) is 0 Å². The van der Waals surface area contributed by atoms with Gasteiger partial charge in [0.15, 0.2) is 0 Å². The number of carbonyl (C=O) groups excluding carboxylic acids is 1. The molecule has 0 radical (unpaired) electrons. The van der Waals surface area contributed by atoms with Gasteiger partial charge in [-0.25, -0.2) is 4.79 Å². The zero-order chi connectivity index (χ0) is 15.7. The molecule has 0 aliphatic rings. The van der Waals surface area contributed by atoms with Crippen LogP contribution in [0, 0.1) is 6.92 Å². The Morgan fingerprint density at radius 1 is 1.24 bits per heavy atom. The first-order valence-corrected chi connectivity index (χ1v) is 7.08. The van der Waals surface area contributed by atoms with Crippen molar-refractivity contribution in [3.8, 4) is 0 Å². The van der Waals surface area contributed by atoms with Gasteiger partial charge in [-0.3, -0.25) is 4.79 Å². The molecule has 21 heavy (non-hydrogen) atoms. The predicted molar refractivity (Wildman–Crippen MR) is 82.7 cm³/mol. The lowest BCUT2D eigenvalue weighted by Crippen LogP contribution is -2.41. The van der Waals surface area contributed by atoms with Crippen LogP contribution >= 0.6 is 0 Å². The summed E-state index contributed by atoms with van der Waals surface area (Å²) in [5.74, 6) is -0.924. The number of aryl methyl sites for hydroxylation is 1. The van der Waals surface area contributed by atoms with Crippen LogP contribution in [0.25, 0.3) is 0 Å². The molecule has 1 rings (SSSR count). The summed E-state index contributed by atoms with van der Waals surface area (Å²) in [6.45, 7) is 6.30. The number of aliphatic carboxylic acids is 1. The van der Waals surface area contributed by atoms with Crippen molar-refractivity contribution in [3.63, 3.8) is 0 Å². The highest BCUT2D eigenvalue weighted by atomic mass is 16.4. The maximum absolute atomic E-state index is 11.5. The van der Waals surface area contributed by atoms with Gasteiger partial charge in [-0.1, -0.05) is 12.1 Å². The van der Waals surface area contributed by atoms with E-state index in [0.29, 0.717) is 13.1 Å². The third-order valence-electron chi connectivity index (χ3n) is 3.04. The van der Waals surface area contributed by atoms with Crippen LogP contribution in [0.3, 0.4) is 0 Å². The molecule has 0 unspecified atom stereocenters. The highest BCUT2D eigenvalue weighted by Crippen LogP contribution is 2.14. The molecule has 1 aromatic carbocycles. The van der Waals surface area contributed by atoms with E-state index >= 15 is 0 Å². The van der Waals surface area contributed by atoms with Gasteiger partial charge in [0.1, 0.15) is 0 Å². The summed E-state index contributed by atoms with van der Waals surface area (Å²) in [5.41, 5.74) is 2.33. The zero-order valence-electron chi connectivity index (χ0n) is 12.6. The fraction of sp³-hybridized carbons (Fsp3) is 0.467. The molecule has 6 heteroatoms. The number of hydrogen-bond donors (Lipinski definition) is 3. The summed E-state index contributed by atoms with van der Waals surface area (Å²) in [7, 11) is 0. The van der Waals surface area contributed by atoms with Gasteiger partial charge in [-0.05, 0) is 31.5 Å². The third-order valence-corrected chi connectivity index (χ3v) is 3.04. The highest BCUT2D eigenvalue weighted by Gasteiger charge is 2.06. The van der Waals surface area contributed by atoms with Crippen LogP contribution in [0.5, 0.6) is 0 Å². The van der Waals surface area contributed by atoms with Crippen LogP contribution in [-0.4, -0.2) is 43.3 Å². The van der Waals surface area contributed by atoms with E-state index in [1.807, 2.05) is 25.1 Å². The van der Waals surface area contributed by atoms with Crippen molar-refractivity contribution in [1.82, 2.24) is 10.6 Å². The molecule has 0 aliphatic carbocycles. The SMILES string of the molecule is CCN(CCNC(=O)NCCC(=O)O)c1cccc(C)c1. The first kappa shape index (κ1) is 16.8. The van der Waals surface area contributed by atoms with Crippen LogP contribution in [0.4, 0.5) is 10.5 Å². The van der Waals surface area contributed by atoms with Gasteiger partial charge < -0.3 is 20.6 Å². The van der Waals surface area contributed by atoms with Crippen molar-refractivity contribution >= 4 is 17.7 Å². The molecule has 0 aromatic heterocycles. The standard InChI is InChI=1S/C15H23N3O3/c1-3-18(13-6-4-5-12(2)11-13)10-9-17-15(21)16-8-7-14(19)20/h4-6,11H,3,7-10H2,1-2H3,(H,19,20)(H2,16,17,21). The Hall–Kier alpha value is -2.24. The Morgan fingerprint density at radius 2 is 1.95 bits per heavy atom. The molecule has 3 N–H and O–H groups in total. The highest BCUT2D eigenvalue weighted by molar-refractivity contribution is 5.75.